The molecule has 0 aromatic carbocycles. The highest BCUT2D eigenvalue weighted by Crippen LogP contribution is 2.41. The van der Waals surface area contributed by atoms with E-state index in [0.29, 0.717) is 0 Å². The summed E-state index contributed by atoms with van der Waals surface area (Å²) in [6.07, 6.45) is 11.6. The summed E-state index contributed by atoms with van der Waals surface area (Å²) >= 11 is 0. The van der Waals surface area contributed by atoms with E-state index in [1.165, 1.54) is 32.1 Å². The molecule has 14 heavy (non-hydrogen) atoms. The van der Waals surface area contributed by atoms with Gasteiger partial charge in [-0.05, 0) is 43.6 Å². The van der Waals surface area contributed by atoms with Crippen LogP contribution in [0.3, 0.4) is 0 Å². The summed E-state index contributed by atoms with van der Waals surface area (Å²) in [5, 5.41) is 3.77. The number of rotatable bonds is 0. The maximum absolute atomic E-state index is 3.77. The maximum Gasteiger partial charge on any atom is 0.0387 e. The number of allylic oxidation sites excluding steroid dienone is 2. The number of hydrogen-bond acceptors (Lipinski definition) is 1. The molecule has 3 atom stereocenters. The van der Waals surface area contributed by atoms with Gasteiger partial charge in [0.2, 0.25) is 0 Å². The van der Waals surface area contributed by atoms with Crippen molar-refractivity contribution < 1.29 is 0 Å². The maximum atomic E-state index is 3.77. The molecule has 3 aliphatic rings. The Balaban J connectivity index is 1.92. The van der Waals surface area contributed by atoms with Gasteiger partial charge in [0, 0.05) is 17.7 Å². The van der Waals surface area contributed by atoms with Crippen molar-refractivity contribution in [1.82, 2.24) is 5.32 Å². The fourth-order valence-corrected chi connectivity index (χ4v) is 3.29. The minimum absolute atomic E-state index is 0.725. The molecule has 0 spiro atoms. The van der Waals surface area contributed by atoms with E-state index in [1.807, 2.05) is 0 Å². The monoisotopic (exact) mass is 189 g/mol. The summed E-state index contributed by atoms with van der Waals surface area (Å²) in [6.45, 7) is 2.38. The minimum Gasteiger partial charge on any atom is -0.384 e. The molecule has 3 rings (SSSR count). The van der Waals surface area contributed by atoms with Crippen molar-refractivity contribution in [3.05, 3.63) is 23.4 Å². The first-order valence-corrected chi connectivity index (χ1v) is 6.01. The van der Waals surface area contributed by atoms with Gasteiger partial charge in [-0.25, -0.2) is 0 Å². The molecule has 76 valence electrons. The zero-order valence-corrected chi connectivity index (χ0v) is 8.92. The average molecular weight is 189 g/mol. The Morgan fingerprint density at radius 3 is 3.07 bits per heavy atom. The molecule has 1 heteroatoms. The van der Waals surface area contributed by atoms with Crippen LogP contribution in [0.25, 0.3) is 0 Å². The second-order valence-electron chi connectivity index (χ2n) is 5.05. The number of fused-ring (bicyclic) bond motifs is 2. The molecule has 0 amide bonds. The topological polar surface area (TPSA) is 12.0 Å². The van der Waals surface area contributed by atoms with Gasteiger partial charge in [0.25, 0.3) is 0 Å². The van der Waals surface area contributed by atoms with Crippen molar-refractivity contribution >= 4 is 0 Å². The molecule has 0 aromatic heterocycles. The minimum atomic E-state index is 0.725. The fraction of sp³-hybridized carbons (Fsp3) is 0.692. The van der Waals surface area contributed by atoms with Gasteiger partial charge in [0.1, 0.15) is 0 Å². The predicted molar refractivity (Wildman–Crippen MR) is 58.8 cm³/mol. The lowest BCUT2D eigenvalue weighted by Crippen LogP contribution is -2.36. The Labute approximate surface area is 86.3 Å². The molecule has 1 heterocycles. The summed E-state index contributed by atoms with van der Waals surface area (Å²) in [6, 6.07) is 0.725. The zero-order valence-electron chi connectivity index (χ0n) is 8.92. The molecule has 0 radical (unpaired) electrons. The van der Waals surface area contributed by atoms with Gasteiger partial charge in [-0.1, -0.05) is 19.1 Å². The van der Waals surface area contributed by atoms with Gasteiger partial charge in [-0.2, -0.15) is 0 Å². The third-order valence-corrected chi connectivity index (χ3v) is 4.11. The Bertz CT molecular complexity index is 300. The van der Waals surface area contributed by atoms with Crippen LogP contribution in [0.1, 0.15) is 39.0 Å². The molecule has 0 fully saturated rings. The second-order valence-corrected chi connectivity index (χ2v) is 5.05. The molecule has 2 aliphatic carbocycles. The van der Waals surface area contributed by atoms with E-state index in [2.05, 4.69) is 24.4 Å². The van der Waals surface area contributed by atoms with Crippen LogP contribution in [0, 0.1) is 11.8 Å². The van der Waals surface area contributed by atoms with E-state index >= 15 is 0 Å². The Morgan fingerprint density at radius 1 is 1.29 bits per heavy atom. The molecule has 0 bridgehead atoms. The Hall–Kier alpha value is -0.720. The quantitative estimate of drug-likeness (QED) is 0.578. The first-order chi connectivity index (χ1) is 6.86. The Kier molecular flexibility index (Phi) is 1.93. The number of hydrogen-bond donors (Lipinski definition) is 1. The van der Waals surface area contributed by atoms with Crippen LogP contribution < -0.4 is 5.32 Å². The smallest absolute Gasteiger partial charge is 0.0387 e. The lowest BCUT2D eigenvalue weighted by Gasteiger charge is -2.29. The van der Waals surface area contributed by atoms with Gasteiger partial charge >= 0.3 is 0 Å². The fourth-order valence-electron chi connectivity index (χ4n) is 3.29. The SMILES string of the molecule is CC1CC=CC2C3=C(CCCC3)NC12. The number of nitrogens with one attached hydrogen (secondary N) is 1. The van der Waals surface area contributed by atoms with Crippen molar-refractivity contribution in [3.63, 3.8) is 0 Å². The van der Waals surface area contributed by atoms with E-state index < -0.39 is 0 Å². The van der Waals surface area contributed by atoms with Gasteiger partial charge in [0.05, 0.1) is 0 Å². The van der Waals surface area contributed by atoms with Gasteiger partial charge in [-0.3, -0.25) is 0 Å². The van der Waals surface area contributed by atoms with Crippen LogP contribution in [-0.2, 0) is 0 Å². The highest BCUT2D eigenvalue weighted by Gasteiger charge is 2.37. The van der Waals surface area contributed by atoms with Crippen LogP contribution in [0.4, 0.5) is 0 Å². The standard InChI is InChI=1S/C13H19N/c1-9-5-4-7-11-10-6-2-3-8-12(10)14-13(9)11/h4,7,9,11,13-14H,2-3,5-6,8H2,1H3. The third kappa shape index (κ3) is 1.14. The van der Waals surface area contributed by atoms with E-state index in [9.17, 15) is 0 Å². The normalized spacial score (nSPS) is 40.5. The van der Waals surface area contributed by atoms with Crippen molar-refractivity contribution in [2.45, 2.75) is 45.1 Å². The zero-order chi connectivity index (χ0) is 9.54. The molecule has 1 aliphatic heterocycles. The molecular formula is C13H19N. The Morgan fingerprint density at radius 2 is 2.14 bits per heavy atom. The van der Waals surface area contributed by atoms with E-state index in [-0.39, 0.29) is 0 Å². The van der Waals surface area contributed by atoms with Crippen LogP contribution in [0.15, 0.2) is 23.4 Å². The van der Waals surface area contributed by atoms with Crippen LogP contribution in [-0.4, -0.2) is 6.04 Å². The van der Waals surface area contributed by atoms with E-state index in [4.69, 9.17) is 0 Å². The summed E-state index contributed by atoms with van der Waals surface area (Å²) in [4.78, 5) is 0. The molecular weight excluding hydrogens is 170 g/mol. The van der Waals surface area contributed by atoms with Gasteiger partial charge < -0.3 is 5.32 Å². The van der Waals surface area contributed by atoms with Crippen molar-refractivity contribution in [1.29, 1.82) is 0 Å². The lowest BCUT2D eigenvalue weighted by atomic mass is 9.79. The molecule has 0 saturated carbocycles. The molecule has 1 N–H and O–H groups in total. The predicted octanol–water partition coefficient (Wildman–Crippen LogP) is 3.00. The first kappa shape index (κ1) is 8.58. The highest BCUT2D eigenvalue weighted by atomic mass is 15.0. The third-order valence-electron chi connectivity index (χ3n) is 4.11. The van der Waals surface area contributed by atoms with Crippen molar-refractivity contribution in [2.24, 2.45) is 11.8 Å². The van der Waals surface area contributed by atoms with Gasteiger partial charge in [0.15, 0.2) is 0 Å². The molecule has 0 aromatic rings. The lowest BCUT2D eigenvalue weighted by molar-refractivity contribution is 0.363. The average Bonchev–Trinajstić information content (AvgIpc) is 2.59. The van der Waals surface area contributed by atoms with E-state index in [1.54, 1.807) is 11.3 Å². The largest absolute Gasteiger partial charge is 0.384 e. The molecule has 3 unspecified atom stereocenters. The summed E-state index contributed by atoms with van der Waals surface area (Å²) in [7, 11) is 0. The summed E-state index contributed by atoms with van der Waals surface area (Å²) in [5.74, 6) is 1.56. The summed E-state index contributed by atoms with van der Waals surface area (Å²) in [5.41, 5.74) is 3.34. The highest BCUT2D eigenvalue weighted by molar-refractivity contribution is 5.32. The van der Waals surface area contributed by atoms with Crippen molar-refractivity contribution in [2.75, 3.05) is 0 Å². The molecule has 1 nitrogen and oxygen atoms in total. The van der Waals surface area contributed by atoms with Crippen LogP contribution >= 0.6 is 0 Å². The second kappa shape index (κ2) is 3.15. The van der Waals surface area contributed by atoms with Crippen molar-refractivity contribution in [3.8, 4) is 0 Å². The molecule has 0 saturated heterocycles. The summed E-state index contributed by atoms with van der Waals surface area (Å²) < 4.78 is 0. The van der Waals surface area contributed by atoms with Crippen LogP contribution in [0.2, 0.25) is 0 Å². The van der Waals surface area contributed by atoms with Gasteiger partial charge in [-0.15, -0.1) is 0 Å². The first-order valence-electron chi connectivity index (χ1n) is 6.01. The van der Waals surface area contributed by atoms with E-state index in [0.717, 1.165) is 17.9 Å². The van der Waals surface area contributed by atoms with Crippen LogP contribution in [0.5, 0.6) is 0 Å².